The van der Waals surface area contributed by atoms with Gasteiger partial charge in [-0.2, -0.15) is 5.26 Å². The lowest BCUT2D eigenvalue weighted by Crippen LogP contribution is -2.14. The minimum atomic E-state index is 0.727. The van der Waals surface area contributed by atoms with Gasteiger partial charge in [-0.3, -0.25) is 0 Å². The van der Waals surface area contributed by atoms with E-state index in [-0.39, 0.29) is 0 Å². The SMILES string of the molecule is N#Cc1ccc(CNCCC2=CCCC2)cc1. The molecular weight excluding hydrogens is 208 g/mol. The van der Waals surface area contributed by atoms with Gasteiger partial charge in [0, 0.05) is 6.54 Å². The van der Waals surface area contributed by atoms with E-state index in [1.165, 1.54) is 31.2 Å². The number of benzene rings is 1. The number of nitrogens with zero attached hydrogens (tertiary/aromatic N) is 1. The van der Waals surface area contributed by atoms with Crippen molar-refractivity contribution in [2.24, 2.45) is 0 Å². The van der Waals surface area contributed by atoms with Gasteiger partial charge in [0.05, 0.1) is 11.6 Å². The van der Waals surface area contributed by atoms with Crippen molar-refractivity contribution >= 4 is 0 Å². The van der Waals surface area contributed by atoms with Crippen LogP contribution in [0, 0.1) is 11.3 Å². The van der Waals surface area contributed by atoms with Crippen molar-refractivity contribution in [3.63, 3.8) is 0 Å². The lowest BCUT2D eigenvalue weighted by molar-refractivity contribution is 0.676. The highest BCUT2D eigenvalue weighted by atomic mass is 14.8. The van der Waals surface area contributed by atoms with Gasteiger partial charge in [0.15, 0.2) is 0 Å². The molecule has 0 atom stereocenters. The molecule has 88 valence electrons. The van der Waals surface area contributed by atoms with Crippen LogP contribution in [-0.4, -0.2) is 6.54 Å². The Hall–Kier alpha value is -1.59. The van der Waals surface area contributed by atoms with Gasteiger partial charge in [0.1, 0.15) is 0 Å². The van der Waals surface area contributed by atoms with E-state index >= 15 is 0 Å². The lowest BCUT2D eigenvalue weighted by atomic mass is 10.1. The molecule has 0 heterocycles. The molecule has 1 aliphatic carbocycles. The van der Waals surface area contributed by atoms with Gasteiger partial charge in [-0.05, 0) is 49.9 Å². The van der Waals surface area contributed by atoms with Crippen LogP contribution in [0.1, 0.15) is 36.8 Å². The van der Waals surface area contributed by atoms with Gasteiger partial charge in [0.25, 0.3) is 0 Å². The first kappa shape index (κ1) is 11.9. The number of nitrogens with one attached hydrogen (secondary N) is 1. The summed E-state index contributed by atoms with van der Waals surface area (Å²) in [6.07, 6.45) is 7.45. The second-order valence-corrected chi connectivity index (χ2v) is 4.49. The van der Waals surface area contributed by atoms with Crippen LogP contribution in [0.15, 0.2) is 35.9 Å². The molecule has 0 aliphatic heterocycles. The van der Waals surface area contributed by atoms with Crippen LogP contribution in [0.2, 0.25) is 0 Å². The van der Waals surface area contributed by atoms with Crippen LogP contribution in [0.5, 0.6) is 0 Å². The van der Waals surface area contributed by atoms with Gasteiger partial charge in [-0.15, -0.1) is 0 Å². The maximum atomic E-state index is 8.69. The summed E-state index contributed by atoms with van der Waals surface area (Å²) in [6, 6.07) is 9.90. The maximum Gasteiger partial charge on any atom is 0.0991 e. The molecule has 0 saturated carbocycles. The highest BCUT2D eigenvalue weighted by Crippen LogP contribution is 2.19. The molecule has 2 rings (SSSR count). The molecule has 0 radical (unpaired) electrons. The first-order chi connectivity index (χ1) is 8.38. The van der Waals surface area contributed by atoms with Gasteiger partial charge in [-0.1, -0.05) is 23.8 Å². The van der Waals surface area contributed by atoms with E-state index in [0.29, 0.717) is 0 Å². The van der Waals surface area contributed by atoms with Crippen molar-refractivity contribution in [3.05, 3.63) is 47.0 Å². The Kier molecular flexibility index (Phi) is 4.35. The molecule has 0 saturated heterocycles. The molecule has 0 amide bonds. The fourth-order valence-electron chi connectivity index (χ4n) is 2.14. The zero-order chi connectivity index (χ0) is 11.9. The summed E-state index contributed by atoms with van der Waals surface area (Å²) in [4.78, 5) is 0. The Bertz CT molecular complexity index is 423. The maximum absolute atomic E-state index is 8.69. The second kappa shape index (κ2) is 6.22. The summed E-state index contributed by atoms with van der Waals surface area (Å²) in [7, 11) is 0. The Morgan fingerprint density at radius 3 is 2.71 bits per heavy atom. The molecule has 0 fully saturated rings. The van der Waals surface area contributed by atoms with Gasteiger partial charge in [-0.25, -0.2) is 0 Å². The summed E-state index contributed by atoms with van der Waals surface area (Å²) in [5.41, 5.74) is 3.58. The van der Waals surface area contributed by atoms with Crippen molar-refractivity contribution in [2.75, 3.05) is 6.54 Å². The van der Waals surface area contributed by atoms with Crippen LogP contribution in [-0.2, 0) is 6.54 Å². The van der Waals surface area contributed by atoms with Crippen LogP contribution in [0.25, 0.3) is 0 Å². The largest absolute Gasteiger partial charge is 0.312 e. The average Bonchev–Trinajstić information content (AvgIpc) is 2.88. The number of rotatable bonds is 5. The summed E-state index contributed by atoms with van der Waals surface area (Å²) >= 11 is 0. The van der Waals surface area contributed by atoms with Gasteiger partial charge in [0.2, 0.25) is 0 Å². The zero-order valence-electron chi connectivity index (χ0n) is 10.1. The predicted molar refractivity (Wildman–Crippen MR) is 69.4 cm³/mol. The van der Waals surface area contributed by atoms with Crippen molar-refractivity contribution in [1.82, 2.24) is 5.32 Å². The third kappa shape index (κ3) is 3.72. The standard InChI is InChI=1S/C15H18N2/c16-11-14-5-7-15(8-6-14)12-17-10-9-13-3-1-2-4-13/h3,5-8,17H,1-2,4,9-10,12H2. The summed E-state index contributed by atoms with van der Waals surface area (Å²) in [5.74, 6) is 0. The normalized spacial score (nSPS) is 14.4. The van der Waals surface area contributed by atoms with E-state index in [1.54, 1.807) is 5.57 Å². The second-order valence-electron chi connectivity index (χ2n) is 4.49. The summed E-state index contributed by atoms with van der Waals surface area (Å²) in [6.45, 7) is 1.94. The molecule has 2 nitrogen and oxygen atoms in total. The van der Waals surface area contributed by atoms with E-state index in [0.717, 1.165) is 18.7 Å². The van der Waals surface area contributed by atoms with Gasteiger partial charge >= 0.3 is 0 Å². The number of nitriles is 1. The molecular formula is C15H18N2. The minimum absolute atomic E-state index is 0.727. The molecule has 1 N–H and O–H groups in total. The first-order valence-electron chi connectivity index (χ1n) is 6.26. The van der Waals surface area contributed by atoms with E-state index in [9.17, 15) is 0 Å². The topological polar surface area (TPSA) is 35.8 Å². The monoisotopic (exact) mass is 226 g/mol. The van der Waals surface area contributed by atoms with Crippen molar-refractivity contribution < 1.29 is 0 Å². The van der Waals surface area contributed by atoms with Crippen molar-refractivity contribution in [1.29, 1.82) is 5.26 Å². The first-order valence-corrected chi connectivity index (χ1v) is 6.26. The quantitative estimate of drug-likeness (QED) is 0.618. The molecule has 0 aromatic heterocycles. The third-order valence-electron chi connectivity index (χ3n) is 3.17. The average molecular weight is 226 g/mol. The Morgan fingerprint density at radius 1 is 1.24 bits per heavy atom. The Balaban J connectivity index is 1.69. The van der Waals surface area contributed by atoms with Gasteiger partial charge < -0.3 is 5.32 Å². The number of hydrogen-bond donors (Lipinski definition) is 1. The molecule has 1 aromatic carbocycles. The van der Waals surface area contributed by atoms with Crippen molar-refractivity contribution in [2.45, 2.75) is 32.2 Å². The predicted octanol–water partition coefficient (Wildman–Crippen LogP) is 3.15. The van der Waals surface area contributed by atoms with E-state index in [1.807, 2.05) is 24.3 Å². The smallest absolute Gasteiger partial charge is 0.0991 e. The molecule has 1 aromatic rings. The minimum Gasteiger partial charge on any atom is -0.312 e. The Labute approximate surface area is 103 Å². The molecule has 0 bridgehead atoms. The van der Waals surface area contributed by atoms with E-state index in [2.05, 4.69) is 17.5 Å². The van der Waals surface area contributed by atoms with Crippen LogP contribution in [0.4, 0.5) is 0 Å². The highest BCUT2D eigenvalue weighted by Gasteiger charge is 2.03. The van der Waals surface area contributed by atoms with E-state index in [4.69, 9.17) is 5.26 Å². The fourth-order valence-corrected chi connectivity index (χ4v) is 2.14. The summed E-state index contributed by atoms with van der Waals surface area (Å²) in [5, 5.41) is 12.1. The highest BCUT2D eigenvalue weighted by molar-refractivity contribution is 5.31. The van der Waals surface area contributed by atoms with Crippen LogP contribution >= 0.6 is 0 Å². The number of allylic oxidation sites excluding steroid dienone is 1. The molecule has 17 heavy (non-hydrogen) atoms. The Morgan fingerprint density at radius 2 is 2.06 bits per heavy atom. The molecule has 1 aliphatic rings. The fraction of sp³-hybridized carbons (Fsp3) is 0.400. The summed E-state index contributed by atoms with van der Waals surface area (Å²) < 4.78 is 0. The molecule has 0 unspecified atom stereocenters. The molecule has 0 spiro atoms. The van der Waals surface area contributed by atoms with E-state index < -0.39 is 0 Å². The van der Waals surface area contributed by atoms with Crippen molar-refractivity contribution in [3.8, 4) is 6.07 Å². The third-order valence-corrected chi connectivity index (χ3v) is 3.17. The molecule has 2 heteroatoms. The van der Waals surface area contributed by atoms with Crippen LogP contribution < -0.4 is 5.32 Å². The number of hydrogen-bond acceptors (Lipinski definition) is 2. The zero-order valence-corrected chi connectivity index (χ0v) is 10.1. The van der Waals surface area contributed by atoms with Crippen LogP contribution in [0.3, 0.4) is 0 Å². The lowest BCUT2D eigenvalue weighted by Gasteiger charge is -2.05.